The van der Waals surface area contributed by atoms with E-state index in [4.69, 9.17) is 4.74 Å². The highest BCUT2D eigenvalue weighted by atomic mass is 79.9. The van der Waals surface area contributed by atoms with Crippen LogP contribution >= 0.6 is 15.9 Å². The van der Waals surface area contributed by atoms with Gasteiger partial charge < -0.3 is 4.74 Å². The van der Waals surface area contributed by atoms with Crippen LogP contribution in [0.1, 0.15) is 0 Å². The molecule has 1 N–H and O–H groups in total. The van der Waals surface area contributed by atoms with Crippen LogP contribution in [0, 0.1) is 0 Å². The molecule has 0 unspecified atom stereocenters. The van der Waals surface area contributed by atoms with Gasteiger partial charge in [0.1, 0.15) is 5.75 Å². The summed E-state index contributed by atoms with van der Waals surface area (Å²) >= 11 is 3.24. The third kappa shape index (κ3) is 3.18. The summed E-state index contributed by atoms with van der Waals surface area (Å²) in [6.45, 7) is 0. The van der Waals surface area contributed by atoms with Gasteiger partial charge in [-0.25, -0.2) is 13.4 Å². The maximum Gasteiger partial charge on any atom is 0.253 e. The summed E-state index contributed by atoms with van der Waals surface area (Å²) in [7, 11) is 1.22. The van der Waals surface area contributed by atoms with Gasteiger partial charge in [0.25, 0.3) is 10.0 Å². The molecular weight excluding hydrogens is 296 g/mol. The molecule has 90 valence electrons. The molecule has 5 nitrogen and oxygen atoms in total. The largest absolute Gasteiger partial charge is 0.496 e. The molecule has 1 aromatic rings. The third-order valence-electron chi connectivity index (χ3n) is 1.74. The van der Waals surface area contributed by atoms with Crippen LogP contribution in [0.15, 0.2) is 27.6 Å². The minimum atomic E-state index is -3.52. The molecule has 7 heteroatoms. The van der Waals surface area contributed by atoms with Gasteiger partial charge in [-0.3, -0.25) is 0 Å². The Morgan fingerprint density at radius 2 is 2.00 bits per heavy atom. The van der Waals surface area contributed by atoms with Crippen molar-refractivity contribution >= 4 is 26.0 Å². The Labute approximate surface area is 104 Å². The molecule has 0 aromatic heterocycles. The van der Waals surface area contributed by atoms with Crippen LogP contribution in [0.2, 0.25) is 0 Å². The molecule has 0 saturated carbocycles. The summed E-state index contributed by atoms with van der Waals surface area (Å²) in [5.41, 5.74) is 0. The second-order valence-corrected chi connectivity index (χ2v) is 5.80. The van der Waals surface area contributed by atoms with E-state index in [0.717, 1.165) is 0 Å². The molecule has 0 radical (unpaired) electrons. The van der Waals surface area contributed by atoms with E-state index in [9.17, 15) is 8.42 Å². The average Bonchev–Trinajstić information content (AvgIpc) is 2.15. The lowest BCUT2D eigenvalue weighted by molar-refractivity contribution is 0.364. The second kappa shape index (κ2) is 5.13. The predicted octanol–water partition coefficient (Wildman–Crippen LogP) is 1.21. The maximum absolute atomic E-state index is 11.8. The van der Waals surface area contributed by atoms with E-state index in [1.807, 2.05) is 0 Å². The lowest BCUT2D eigenvalue weighted by Crippen LogP contribution is -2.36. The summed E-state index contributed by atoms with van der Waals surface area (Å²) in [6.07, 6.45) is 0. The van der Waals surface area contributed by atoms with Crippen LogP contribution in [0.25, 0.3) is 0 Å². The van der Waals surface area contributed by atoms with Crippen molar-refractivity contribution in [2.24, 2.45) is 0 Å². The van der Waals surface area contributed by atoms with Crippen LogP contribution in [0.5, 0.6) is 5.75 Å². The van der Waals surface area contributed by atoms with Crippen LogP contribution in [0.3, 0.4) is 0 Å². The number of methoxy groups -OCH3 is 1. The Bertz CT molecular complexity index is 474. The van der Waals surface area contributed by atoms with Gasteiger partial charge in [0, 0.05) is 14.1 Å². The number of nitrogens with zero attached hydrogens (tertiary/aromatic N) is 1. The van der Waals surface area contributed by atoms with Gasteiger partial charge in [0.15, 0.2) is 0 Å². The van der Waals surface area contributed by atoms with Crippen molar-refractivity contribution in [3.63, 3.8) is 0 Å². The smallest absolute Gasteiger partial charge is 0.253 e. The number of benzene rings is 1. The molecule has 0 fully saturated rings. The summed E-state index contributed by atoms with van der Waals surface area (Å²) in [6, 6.07) is 4.56. The fraction of sp³-hybridized carbons (Fsp3) is 0.333. The van der Waals surface area contributed by atoms with Gasteiger partial charge in [-0.1, -0.05) is 0 Å². The van der Waals surface area contributed by atoms with Gasteiger partial charge >= 0.3 is 0 Å². The molecule has 0 heterocycles. The number of hydrazine groups is 1. The highest BCUT2D eigenvalue weighted by Gasteiger charge is 2.16. The predicted molar refractivity (Wildman–Crippen MR) is 64.7 cm³/mol. The van der Waals surface area contributed by atoms with Crippen LogP contribution < -0.4 is 9.57 Å². The van der Waals surface area contributed by atoms with Gasteiger partial charge in [0.2, 0.25) is 0 Å². The number of halogens is 1. The first-order valence-corrected chi connectivity index (χ1v) is 6.68. The molecule has 0 aliphatic heterocycles. The quantitative estimate of drug-likeness (QED) is 0.850. The Morgan fingerprint density at radius 3 is 2.44 bits per heavy atom. The third-order valence-corrected chi connectivity index (χ3v) is 3.84. The Kier molecular flexibility index (Phi) is 4.31. The van der Waals surface area contributed by atoms with E-state index in [-0.39, 0.29) is 4.90 Å². The molecule has 1 rings (SSSR count). The van der Waals surface area contributed by atoms with E-state index < -0.39 is 10.0 Å². The summed E-state index contributed by atoms with van der Waals surface area (Å²) in [5, 5.41) is 1.37. The number of rotatable bonds is 4. The lowest BCUT2D eigenvalue weighted by atomic mass is 10.3. The van der Waals surface area contributed by atoms with Crippen molar-refractivity contribution in [2.75, 3.05) is 21.2 Å². The van der Waals surface area contributed by atoms with E-state index in [0.29, 0.717) is 10.2 Å². The van der Waals surface area contributed by atoms with Crippen molar-refractivity contribution < 1.29 is 13.2 Å². The zero-order valence-electron chi connectivity index (χ0n) is 9.19. The van der Waals surface area contributed by atoms with E-state index in [2.05, 4.69) is 20.8 Å². The van der Waals surface area contributed by atoms with Crippen molar-refractivity contribution in [2.45, 2.75) is 4.90 Å². The Balaban J connectivity index is 3.10. The van der Waals surface area contributed by atoms with Crippen LogP contribution in [-0.2, 0) is 10.0 Å². The lowest BCUT2D eigenvalue weighted by Gasteiger charge is -2.13. The zero-order chi connectivity index (χ0) is 12.3. The summed E-state index contributed by atoms with van der Waals surface area (Å²) in [4.78, 5) is 2.52. The Hall–Kier alpha value is -0.630. The monoisotopic (exact) mass is 308 g/mol. The first-order chi connectivity index (χ1) is 7.36. The Morgan fingerprint density at radius 1 is 1.38 bits per heavy atom. The SMILES string of the molecule is COc1ccc(S(=O)(=O)NN(C)C)cc1Br. The van der Waals surface area contributed by atoms with Crippen molar-refractivity contribution in [3.05, 3.63) is 22.7 Å². The molecule has 0 bridgehead atoms. The molecule has 16 heavy (non-hydrogen) atoms. The molecule has 0 aliphatic rings. The molecule has 0 spiro atoms. The summed E-state index contributed by atoms with van der Waals surface area (Å²) < 4.78 is 29.2. The summed E-state index contributed by atoms with van der Waals surface area (Å²) in [5.74, 6) is 0.587. The second-order valence-electron chi connectivity index (χ2n) is 3.29. The minimum absolute atomic E-state index is 0.175. The normalized spacial score (nSPS) is 11.8. The molecule has 1 aromatic carbocycles. The van der Waals surface area contributed by atoms with Gasteiger partial charge in [-0.15, -0.1) is 4.83 Å². The van der Waals surface area contributed by atoms with Gasteiger partial charge in [-0.2, -0.15) is 0 Å². The highest BCUT2D eigenvalue weighted by Crippen LogP contribution is 2.27. The average molecular weight is 309 g/mol. The molecule has 0 saturated heterocycles. The fourth-order valence-corrected chi connectivity index (χ4v) is 2.91. The van der Waals surface area contributed by atoms with Crippen molar-refractivity contribution in [3.8, 4) is 5.75 Å². The maximum atomic E-state index is 11.8. The number of hydrogen-bond acceptors (Lipinski definition) is 4. The number of hydrogen-bond donors (Lipinski definition) is 1. The van der Waals surface area contributed by atoms with Crippen molar-refractivity contribution in [1.29, 1.82) is 0 Å². The highest BCUT2D eigenvalue weighted by molar-refractivity contribution is 9.10. The van der Waals surface area contributed by atoms with Crippen LogP contribution in [0.4, 0.5) is 0 Å². The number of nitrogens with one attached hydrogen (secondary N) is 1. The number of ether oxygens (including phenoxy) is 1. The van der Waals surface area contributed by atoms with E-state index in [1.165, 1.54) is 24.3 Å². The van der Waals surface area contributed by atoms with E-state index in [1.54, 1.807) is 20.2 Å². The first kappa shape index (κ1) is 13.4. The van der Waals surface area contributed by atoms with Crippen molar-refractivity contribution in [1.82, 2.24) is 9.84 Å². The zero-order valence-corrected chi connectivity index (χ0v) is 11.6. The molecule has 0 atom stereocenters. The number of sulfonamides is 1. The first-order valence-electron chi connectivity index (χ1n) is 4.40. The minimum Gasteiger partial charge on any atom is -0.496 e. The fourth-order valence-electron chi connectivity index (χ4n) is 1.11. The molecule has 0 aliphatic carbocycles. The standard InChI is InChI=1S/C9H13BrN2O3S/c1-12(2)11-16(13,14)7-4-5-9(15-3)8(10)6-7/h4-6,11H,1-3H3. The molecular formula is C9H13BrN2O3S. The molecule has 0 amide bonds. The van der Waals surface area contributed by atoms with Gasteiger partial charge in [-0.05, 0) is 34.1 Å². The van der Waals surface area contributed by atoms with Gasteiger partial charge in [0.05, 0.1) is 16.5 Å². The van der Waals surface area contributed by atoms with E-state index >= 15 is 0 Å². The topological polar surface area (TPSA) is 58.6 Å². The van der Waals surface area contributed by atoms with Crippen LogP contribution in [-0.4, -0.2) is 34.6 Å².